The van der Waals surface area contributed by atoms with Crippen molar-refractivity contribution in [1.29, 1.82) is 5.26 Å². The molecule has 1 N–H and O–H groups in total. The molecule has 1 aromatic carbocycles. The minimum atomic E-state index is -0.758. The first-order chi connectivity index (χ1) is 7.09. The smallest absolute Gasteiger partial charge is 0.137 e. The monoisotopic (exact) mass is 208 g/mol. The van der Waals surface area contributed by atoms with Gasteiger partial charge in [0.05, 0.1) is 6.07 Å². The molecule has 3 nitrogen and oxygen atoms in total. The fourth-order valence-electron chi connectivity index (χ4n) is 0.945. The highest BCUT2D eigenvalue weighted by molar-refractivity contribution is 5.23. The van der Waals surface area contributed by atoms with E-state index < -0.39 is 5.54 Å². The van der Waals surface area contributed by atoms with Crippen LogP contribution in [0.5, 0.6) is 5.75 Å². The van der Waals surface area contributed by atoms with Crippen LogP contribution in [0.3, 0.4) is 0 Å². The SMILES string of the molecule is CNC(C)(C#N)COc1cccc(F)c1. The average Bonchev–Trinajstić information content (AvgIpc) is 2.26. The largest absolute Gasteiger partial charge is 0.490 e. The van der Waals surface area contributed by atoms with Crippen molar-refractivity contribution in [3.8, 4) is 11.8 Å². The molecule has 0 saturated heterocycles. The molecule has 0 heterocycles. The van der Waals surface area contributed by atoms with Crippen LogP contribution in [0.2, 0.25) is 0 Å². The third-order valence-corrected chi connectivity index (χ3v) is 2.12. The van der Waals surface area contributed by atoms with Crippen molar-refractivity contribution < 1.29 is 9.13 Å². The quantitative estimate of drug-likeness (QED) is 0.819. The molecule has 1 atom stereocenters. The molecule has 0 aliphatic heterocycles. The lowest BCUT2D eigenvalue weighted by Gasteiger charge is -2.20. The van der Waals surface area contributed by atoms with Gasteiger partial charge < -0.3 is 4.74 Å². The van der Waals surface area contributed by atoms with Crippen LogP contribution < -0.4 is 10.1 Å². The Hall–Kier alpha value is -1.60. The summed E-state index contributed by atoms with van der Waals surface area (Å²) in [5, 5.41) is 11.7. The van der Waals surface area contributed by atoms with Gasteiger partial charge in [0.25, 0.3) is 0 Å². The van der Waals surface area contributed by atoms with Gasteiger partial charge in [-0.3, -0.25) is 5.32 Å². The van der Waals surface area contributed by atoms with Crippen molar-refractivity contribution in [2.24, 2.45) is 0 Å². The van der Waals surface area contributed by atoms with E-state index in [0.29, 0.717) is 5.75 Å². The molecule has 0 saturated carbocycles. The summed E-state index contributed by atoms with van der Waals surface area (Å²) in [6.45, 7) is 1.88. The zero-order chi connectivity index (χ0) is 11.3. The summed E-state index contributed by atoms with van der Waals surface area (Å²) in [4.78, 5) is 0. The van der Waals surface area contributed by atoms with Gasteiger partial charge in [-0.1, -0.05) is 6.07 Å². The molecular weight excluding hydrogens is 195 g/mol. The number of nitriles is 1. The summed E-state index contributed by atoms with van der Waals surface area (Å²) in [5.74, 6) is 0.0716. The van der Waals surface area contributed by atoms with Crippen LogP contribution in [-0.4, -0.2) is 19.2 Å². The first-order valence-corrected chi connectivity index (χ1v) is 4.58. The Morgan fingerprint density at radius 1 is 1.60 bits per heavy atom. The second kappa shape index (κ2) is 4.76. The van der Waals surface area contributed by atoms with Crippen molar-refractivity contribution in [3.63, 3.8) is 0 Å². The Kier molecular flexibility index (Phi) is 3.64. The third-order valence-electron chi connectivity index (χ3n) is 2.12. The number of nitrogens with zero attached hydrogens (tertiary/aromatic N) is 1. The number of rotatable bonds is 4. The number of likely N-dealkylation sites (N-methyl/N-ethyl adjacent to an activating group) is 1. The van der Waals surface area contributed by atoms with E-state index in [9.17, 15) is 4.39 Å². The molecule has 15 heavy (non-hydrogen) atoms. The minimum absolute atomic E-state index is 0.170. The molecular formula is C11H13FN2O. The maximum absolute atomic E-state index is 12.8. The van der Waals surface area contributed by atoms with Crippen LogP contribution in [0.25, 0.3) is 0 Å². The summed E-state index contributed by atoms with van der Waals surface area (Å²) in [7, 11) is 1.68. The van der Waals surface area contributed by atoms with Gasteiger partial charge in [-0.05, 0) is 26.1 Å². The summed E-state index contributed by atoms with van der Waals surface area (Å²) in [6.07, 6.45) is 0. The Morgan fingerprint density at radius 3 is 2.87 bits per heavy atom. The average molecular weight is 208 g/mol. The van der Waals surface area contributed by atoms with Crippen molar-refractivity contribution in [2.75, 3.05) is 13.7 Å². The van der Waals surface area contributed by atoms with Gasteiger partial charge in [0.15, 0.2) is 0 Å². The minimum Gasteiger partial charge on any atom is -0.490 e. The van der Waals surface area contributed by atoms with E-state index >= 15 is 0 Å². The molecule has 0 amide bonds. The van der Waals surface area contributed by atoms with E-state index in [-0.39, 0.29) is 12.4 Å². The molecule has 0 spiro atoms. The van der Waals surface area contributed by atoms with Gasteiger partial charge in [-0.25, -0.2) is 4.39 Å². The zero-order valence-electron chi connectivity index (χ0n) is 8.75. The first-order valence-electron chi connectivity index (χ1n) is 4.58. The Balaban J connectivity index is 2.61. The Labute approximate surface area is 88.5 Å². The fourth-order valence-corrected chi connectivity index (χ4v) is 0.945. The molecule has 0 aromatic heterocycles. The first kappa shape index (κ1) is 11.5. The number of hydrogen-bond donors (Lipinski definition) is 1. The molecule has 0 fully saturated rings. The third kappa shape index (κ3) is 3.22. The number of nitrogens with one attached hydrogen (secondary N) is 1. The zero-order valence-corrected chi connectivity index (χ0v) is 8.75. The van der Waals surface area contributed by atoms with Gasteiger partial charge in [-0.2, -0.15) is 5.26 Å². The van der Waals surface area contributed by atoms with Crippen LogP contribution >= 0.6 is 0 Å². The predicted molar refractivity (Wildman–Crippen MR) is 55.0 cm³/mol. The Bertz CT molecular complexity index is 375. The van der Waals surface area contributed by atoms with E-state index in [1.165, 1.54) is 12.1 Å². The predicted octanol–water partition coefficient (Wildman–Crippen LogP) is 1.71. The highest BCUT2D eigenvalue weighted by atomic mass is 19.1. The lowest BCUT2D eigenvalue weighted by molar-refractivity contribution is 0.241. The molecule has 1 rings (SSSR count). The van der Waals surface area contributed by atoms with Gasteiger partial charge in [0.2, 0.25) is 0 Å². The lowest BCUT2D eigenvalue weighted by atomic mass is 10.1. The molecule has 80 valence electrons. The molecule has 0 bridgehead atoms. The van der Waals surface area contributed by atoms with Crippen LogP contribution in [0.4, 0.5) is 4.39 Å². The van der Waals surface area contributed by atoms with Crippen LogP contribution in [0.15, 0.2) is 24.3 Å². The summed E-state index contributed by atoms with van der Waals surface area (Å²) < 4.78 is 18.1. The van der Waals surface area contributed by atoms with Crippen molar-refractivity contribution in [1.82, 2.24) is 5.32 Å². The van der Waals surface area contributed by atoms with Gasteiger partial charge >= 0.3 is 0 Å². The van der Waals surface area contributed by atoms with E-state index in [1.54, 1.807) is 26.1 Å². The molecule has 4 heteroatoms. The number of halogens is 1. The molecule has 0 aliphatic carbocycles. The van der Waals surface area contributed by atoms with Crippen LogP contribution in [0, 0.1) is 17.1 Å². The van der Waals surface area contributed by atoms with Gasteiger partial charge in [0.1, 0.15) is 23.7 Å². The second-order valence-corrected chi connectivity index (χ2v) is 3.44. The van der Waals surface area contributed by atoms with Crippen LogP contribution in [0.1, 0.15) is 6.92 Å². The number of ether oxygens (including phenoxy) is 1. The number of benzene rings is 1. The molecule has 0 aliphatic rings. The Morgan fingerprint density at radius 2 is 2.33 bits per heavy atom. The molecule has 1 aromatic rings. The normalized spacial score (nSPS) is 14.0. The summed E-state index contributed by atoms with van der Waals surface area (Å²) in [6, 6.07) is 7.92. The highest BCUT2D eigenvalue weighted by Gasteiger charge is 2.21. The van der Waals surface area contributed by atoms with Crippen molar-refractivity contribution >= 4 is 0 Å². The molecule has 0 radical (unpaired) electrons. The molecule has 1 unspecified atom stereocenters. The van der Waals surface area contributed by atoms with Gasteiger partial charge in [0, 0.05) is 6.07 Å². The number of hydrogen-bond acceptors (Lipinski definition) is 3. The van der Waals surface area contributed by atoms with Crippen LogP contribution in [-0.2, 0) is 0 Å². The van der Waals surface area contributed by atoms with Gasteiger partial charge in [-0.15, -0.1) is 0 Å². The second-order valence-electron chi connectivity index (χ2n) is 3.44. The summed E-state index contributed by atoms with van der Waals surface area (Å²) in [5.41, 5.74) is -0.758. The standard InChI is InChI=1S/C11H13FN2O/c1-11(7-13,14-2)8-15-10-5-3-4-9(12)6-10/h3-6,14H,8H2,1-2H3. The van der Waals surface area contributed by atoms with E-state index in [1.807, 2.05) is 0 Å². The van der Waals surface area contributed by atoms with Crippen molar-refractivity contribution in [2.45, 2.75) is 12.5 Å². The van der Waals surface area contributed by atoms with E-state index in [2.05, 4.69) is 11.4 Å². The maximum atomic E-state index is 12.8. The lowest BCUT2D eigenvalue weighted by Crippen LogP contribution is -2.43. The topological polar surface area (TPSA) is 45.0 Å². The maximum Gasteiger partial charge on any atom is 0.137 e. The van der Waals surface area contributed by atoms with E-state index in [0.717, 1.165) is 0 Å². The summed E-state index contributed by atoms with van der Waals surface area (Å²) >= 11 is 0. The fraction of sp³-hybridized carbons (Fsp3) is 0.364. The van der Waals surface area contributed by atoms with E-state index in [4.69, 9.17) is 10.00 Å². The van der Waals surface area contributed by atoms with Crippen molar-refractivity contribution in [3.05, 3.63) is 30.1 Å². The highest BCUT2D eigenvalue weighted by Crippen LogP contribution is 2.13.